The van der Waals surface area contributed by atoms with E-state index in [1.54, 1.807) is 0 Å². The number of nitrogens with zero attached hydrogens (tertiary/aromatic N) is 2. The summed E-state index contributed by atoms with van der Waals surface area (Å²) in [5.41, 5.74) is 2.99. The van der Waals surface area contributed by atoms with Crippen molar-refractivity contribution < 1.29 is 0 Å². The normalized spacial score (nSPS) is 19.1. The lowest BCUT2D eigenvalue weighted by molar-refractivity contribution is 0.815. The average Bonchev–Trinajstić information content (AvgIpc) is 2.39. The van der Waals surface area contributed by atoms with Crippen molar-refractivity contribution in [3.63, 3.8) is 0 Å². The van der Waals surface area contributed by atoms with Gasteiger partial charge in [0.05, 0.1) is 16.7 Å². The van der Waals surface area contributed by atoms with Crippen molar-refractivity contribution >= 4 is 11.0 Å². The van der Waals surface area contributed by atoms with Crippen LogP contribution in [0.25, 0.3) is 11.0 Å². The first-order valence-electron chi connectivity index (χ1n) is 5.48. The van der Waals surface area contributed by atoms with Gasteiger partial charge in [-0.2, -0.15) is 0 Å². The molecule has 0 aliphatic heterocycles. The molecule has 1 heterocycles. The lowest BCUT2D eigenvalue weighted by Gasteiger charge is -2.12. The van der Waals surface area contributed by atoms with Crippen molar-refractivity contribution in [2.24, 2.45) is 0 Å². The van der Waals surface area contributed by atoms with Crippen molar-refractivity contribution in [1.82, 2.24) is 9.97 Å². The van der Waals surface area contributed by atoms with Crippen LogP contribution < -0.4 is 0 Å². The molecule has 1 aliphatic carbocycles. The number of para-hydroxylation sites is 2. The zero-order valence-electron chi connectivity index (χ0n) is 8.88. The Labute approximate surface area is 94.4 Å². The fourth-order valence-electron chi connectivity index (χ4n) is 1.95. The number of fused-ring (bicyclic) bond motifs is 1. The molecule has 2 nitrogen and oxygen atoms in total. The summed E-state index contributed by atoms with van der Waals surface area (Å²) >= 11 is 0. The van der Waals surface area contributed by atoms with Crippen molar-refractivity contribution in [3.8, 4) is 0 Å². The fraction of sp³-hybridized carbons (Fsp3) is 0.143. The Bertz CT molecular complexity index is 570. The summed E-state index contributed by atoms with van der Waals surface area (Å²) in [5.74, 6) is 0.377. The van der Waals surface area contributed by atoms with Crippen LogP contribution in [0, 0.1) is 0 Å². The predicted octanol–water partition coefficient (Wildman–Crippen LogP) is 3.23. The van der Waals surface area contributed by atoms with Crippen LogP contribution in [0.4, 0.5) is 0 Å². The third-order valence-corrected chi connectivity index (χ3v) is 2.83. The molecule has 0 N–H and O–H groups in total. The van der Waals surface area contributed by atoms with E-state index in [1.807, 2.05) is 30.5 Å². The Morgan fingerprint density at radius 2 is 1.94 bits per heavy atom. The lowest BCUT2D eigenvalue weighted by Crippen LogP contribution is -2.00. The van der Waals surface area contributed by atoms with Gasteiger partial charge in [0.1, 0.15) is 0 Å². The molecule has 2 heteroatoms. The summed E-state index contributed by atoms with van der Waals surface area (Å²) in [6.07, 6.45) is 11.4. The first-order chi connectivity index (χ1) is 7.93. The predicted molar refractivity (Wildman–Crippen MR) is 65.2 cm³/mol. The highest BCUT2D eigenvalue weighted by Gasteiger charge is 2.10. The quantitative estimate of drug-likeness (QED) is 0.719. The fourth-order valence-corrected chi connectivity index (χ4v) is 1.95. The number of aromatic nitrogens is 2. The monoisotopic (exact) mass is 208 g/mol. The van der Waals surface area contributed by atoms with Crippen molar-refractivity contribution in [3.05, 3.63) is 60.5 Å². The summed E-state index contributed by atoms with van der Waals surface area (Å²) < 4.78 is 0. The average molecular weight is 208 g/mol. The van der Waals surface area contributed by atoms with Gasteiger partial charge in [-0.05, 0) is 18.6 Å². The van der Waals surface area contributed by atoms with Gasteiger partial charge in [0, 0.05) is 12.1 Å². The summed E-state index contributed by atoms with van der Waals surface area (Å²) in [6.45, 7) is 0. The first-order valence-corrected chi connectivity index (χ1v) is 5.48. The summed E-state index contributed by atoms with van der Waals surface area (Å²) in [5, 5.41) is 0. The van der Waals surface area contributed by atoms with Crippen LogP contribution in [0.1, 0.15) is 18.0 Å². The lowest BCUT2D eigenvalue weighted by atomic mass is 9.97. The molecule has 0 saturated heterocycles. The van der Waals surface area contributed by atoms with Gasteiger partial charge in [0.2, 0.25) is 0 Å². The van der Waals surface area contributed by atoms with E-state index in [0.717, 1.165) is 23.1 Å². The molecule has 1 aliphatic rings. The molecular formula is C14H12N2. The molecule has 2 aromatic rings. The highest BCUT2D eigenvalue weighted by atomic mass is 14.8. The highest BCUT2D eigenvalue weighted by Crippen LogP contribution is 2.23. The minimum atomic E-state index is 0.377. The third-order valence-electron chi connectivity index (χ3n) is 2.83. The van der Waals surface area contributed by atoms with Crippen LogP contribution in [0.3, 0.4) is 0 Å². The van der Waals surface area contributed by atoms with Gasteiger partial charge < -0.3 is 0 Å². The molecule has 1 atom stereocenters. The Morgan fingerprint density at radius 3 is 2.75 bits per heavy atom. The molecule has 0 amide bonds. The number of allylic oxidation sites excluding steroid dienone is 4. The molecule has 0 bridgehead atoms. The number of rotatable bonds is 1. The number of hydrogen-bond donors (Lipinski definition) is 0. The molecule has 1 aromatic heterocycles. The SMILES string of the molecule is C1=CCC(c2cnc3ccccc3n2)C=C1. The molecule has 78 valence electrons. The Balaban J connectivity index is 2.05. The Morgan fingerprint density at radius 1 is 1.06 bits per heavy atom. The highest BCUT2D eigenvalue weighted by molar-refractivity contribution is 5.73. The second-order valence-electron chi connectivity index (χ2n) is 3.94. The third kappa shape index (κ3) is 1.63. The van der Waals surface area contributed by atoms with Crippen molar-refractivity contribution in [1.29, 1.82) is 0 Å². The molecular weight excluding hydrogens is 196 g/mol. The smallest absolute Gasteiger partial charge is 0.0890 e. The van der Waals surface area contributed by atoms with Gasteiger partial charge in [-0.15, -0.1) is 0 Å². The van der Waals surface area contributed by atoms with Crippen molar-refractivity contribution in [2.75, 3.05) is 0 Å². The van der Waals surface area contributed by atoms with E-state index in [2.05, 4.69) is 34.3 Å². The van der Waals surface area contributed by atoms with Crippen LogP contribution in [0.2, 0.25) is 0 Å². The topological polar surface area (TPSA) is 25.8 Å². The molecule has 1 unspecified atom stereocenters. The Hall–Kier alpha value is -1.96. The maximum absolute atomic E-state index is 4.65. The van der Waals surface area contributed by atoms with Crippen LogP contribution in [0.15, 0.2) is 54.8 Å². The van der Waals surface area contributed by atoms with Gasteiger partial charge in [-0.3, -0.25) is 4.98 Å². The van der Waals surface area contributed by atoms with Crippen LogP contribution in [-0.2, 0) is 0 Å². The first kappa shape index (κ1) is 9.28. The second-order valence-corrected chi connectivity index (χ2v) is 3.94. The molecule has 16 heavy (non-hydrogen) atoms. The van der Waals surface area contributed by atoms with Gasteiger partial charge in [-0.25, -0.2) is 4.98 Å². The van der Waals surface area contributed by atoms with Gasteiger partial charge in [0.25, 0.3) is 0 Å². The molecule has 1 aromatic carbocycles. The van der Waals surface area contributed by atoms with E-state index >= 15 is 0 Å². The van der Waals surface area contributed by atoms with Gasteiger partial charge in [0.15, 0.2) is 0 Å². The number of hydrogen-bond acceptors (Lipinski definition) is 2. The summed E-state index contributed by atoms with van der Waals surface area (Å²) in [4.78, 5) is 9.09. The van der Waals surface area contributed by atoms with E-state index in [1.165, 1.54) is 0 Å². The van der Waals surface area contributed by atoms with Gasteiger partial charge >= 0.3 is 0 Å². The number of benzene rings is 1. The minimum absolute atomic E-state index is 0.377. The minimum Gasteiger partial charge on any atom is -0.253 e. The largest absolute Gasteiger partial charge is 0.253 e. The van der Waals surface area contributed by atoms with Crippen molar-refractivity contribution in [2.45, 2.75) is 12.3 Å². The van der Waals surface area contributed by atoms with Crippen LogP contribution in [-0.4, -0.2) is 9.97 Å². The molecule has 3 rings (SSSR count). The standard InChI is InChI=1S/C14H12N2/c1-2-6-11(7-3-1)14-10-15-12-8-4-5-9-13(12)16-14/h1-6,8-11H,7H2. The van der Waals surface area contributed by atoms with E-state index in [9.17, 15) is 0 Å². The summed E-state index contributed by atoms with van der Waals surface area (Å²) in [7, 11) is 0. The van der Waals surface area contributed by atoms with E-state index in [0.29, 0.717) is 5.92 Å². The zero-order valence-corrected chi connectivity index (χ0v) is 8.88. The molecule has 0 spiro atoms. The second kappa shape index (κ2) is 3.89. The van der Waals surface area contributed by atoms with E-state index < -0.39 is 0 Å². The maximum Gasteiger partial charge on any atom is 0.0890 e. The summed E-state index contributed by atoms with van der Waals surface area (Å²) in [6, 6.07) is 7.98. The maximum atomic E-state index is 4.65. The molecule has 0 saturated carbocycles. The van der Waals surface area contributed by atoms with E-state index in [4.69, 9.17) is 0 Å². The van der Waals surface area contributed by atoms with Crippen LogP contribution >= 0.6 is 0 Å². The molecule has 0 fully saturated rings. The van der Waals surface area contributed by atoms with Crippen LogP contribution in [0.5, 0.6) is 0 Å². The van der Waals surface area contributed by atoms with E-state index in [-0.39, 0.29) is 0 Å². The molecule has 0 radical (unpaired) electrons. The Kier molecular flexibility index (Phi) is 2.26. The van der Waals surface area contributed by atoms with Gasteiger partial charge in [-0.1, -0.05) is 36.4 Å². The zero-order chi connectivity index (χ0) is 10.8.